The number of carbonyl (C=O) groups excluding carboxylic acids is 1. The van der Waals surface area contributed by atoms with Gasteiger partial charge >= 0.3 is 0 Å². The Kier molecular flexibility index (Phi) is 4.03. The molecule has 4 heterocycles. The Balaban J connectivity index is 1.34. The zero-order valence-corrected chi connectivity index (χ0v) is 15.3. The summed E-state index contributed by atoms with van der Waals surface area (Å²) in [5, 5.41) is 4.30. The molecule has 1 amide bonds. The summed E-state index contributed by atoms with van der Waals surface area (Å²) in [6.45, 7) is 3.23. The molecule has 0 bridgehead atoms. The Morgan fingerprint density at radius 3 is 2.89 bits per heavy atom. The Bertz CT molecular complexity index is 981. The molecule has 138 valence electrons. The van der Waals surface area contributed by atoms with E-state index >= 15 is 0 Å². The third-order valence-electron chi connectivity index (χ3n) is 5.82. The van der Waals surface area contributed by atoms with E-state index in [0.717, 1.165) is 56.8 Å². The minimum absolute atomic E-state index is 0.0361. The third kappa shape index (κ3) is 2.95. The van der Waals surface area contributed by atoms with Gasteiger partial charge in [0.1, 0.15) is 5.52 Å². The van der Waals surface area contributed by atoms with Crippen LogP contribution in [-0.4, -0.2) is 45.0 Å². The van der Waals surface area contributed by atoms with Crippen molar-refractivity contribution in [2.75, 3.05) is 24.5 Å². The van der Waals surface area contributed by atoms with Crippen molar-refractivity contribution < 1.29 is 4.79 Å². The molecule has 1 saturated heterocycles. The van der Waals surface area contributed by atoms with Gasteiger partial charge in [-0.25, -0.2) is 9.50 Å². The molecule has 1 fully saturated rings. The lowest BCUT2D eigenvalue weighted by atomic mass is 9.94. The maximum Gasteiger partial charge on any atom is 0.227 e. The average molecular weight is 361 g/mol. The van der Waals surface area contributed by atoms with Crippen molar-refractivity contribution in [1.29, 1.82) is 0 Å². The second kappa shape index (κ2) is 6.68. The summed E-state index contributed by atoms with van der Waals surface area (Å²) in [5.74, 6) is 1.25. The van der Waals surface area contributed by atoms with Gasteiger partial charge in [-0.2, -0.15) is 5.10 Å². The predicted molar refractivity (Wildman–Crippen MR) is 103 cm³/mol. The van der Waals surface area contributed by atoms with E-state index in [4.69, 9.17) is 0 Å². The molecule has 0 saturated carbocycles. The zero-order chi connectivity index (χ0) is 18.2. The Morgan fingerprint density at radius 2 is 1.96 bits per heavy atom. The molecular formula is C21H23N5O. The Labute approximate surface area is 158 Å². The summed E-state index contributed by atoms with van der Waals surface area (Å²) in [4.78, 5) is 22.1. The van der Waals surface area contributed by atoms with Gasteiger partial charge in [-0.15, -0.1) is 0 Å². The normalized spacial score (nSPS) is 19.9. The quantitative estimate of drug-likeness (QED) is 0.704. The van der Waals surface area contributed by atoms with Crippen molar-refractivity contribution >= 4 is 17.2 Å². The van der Waals surface area contributed by atoms with Crippen LogP contribution >= 0.6 is 0 Å². The fourth-order valence-corrected chi connectivity index (χ4v) is 4.40. The standard InChI is InChI=1S/C21H23N5O/c27-21(25-12-8-16-4-1-2-5-17(16)14-25)18-6-3-11-24(15-18)20-19-7-9-23-26(19)13-10-22-20/h1-2,4-5,7,9-10,13,18H,3,6,8,11-12,14-15H2. The lowest BCUT2D eigenvalue weighted by Crippen LogP contribution is -2.46. The second-order valence-corrected chi connectivity index (χ2v) is 7.48. The summed E-state index contributed by atoms with van der Waals surface area (Å²) in [6.07, 6.45) is 8.35. The topological polar surface area (TPSA) is 53.7 Å². The maximum atomic E-state index is 13.2. The number of carbonyl (C=O) groups is 1. The molecule has 2 aliphatic rings. The first kappa shape index (κ1) is 16.3. The van der Waals surface area contributed by atoms with Crippen molar-refractivity contribution in [2.24, 2.45) is 5.92 Å². The van der Waals surface area contributed by atoms with Crippen LogP contribution in [0, 0.1) is 5.92 Å². The highest BCUT2D eigenvalue weighted by atomic mass is 16.2. The third-order valence-corrected chi connectivity index (χ3v) is 5.82. The van der Waals surface area contributed by atoms with E-state index < -0.39 is 0 Å². The van der Waals surface area contributed by atoms with Gasteiger partial charge in [-0.3, -0.25) is 4.79 Å². The highest BCUT2D eigenvalue weighted by Crippen LogP contribution is 2.27. The number of piperidine rings is 1. The van der Waals surface area contributed by atoms with E-state index in [-0.39, 0.29) is 11.8 Å². The first-order valence-electron chi connectivity index (χ1n) is 9.68. The summed E-state index contributed by atoms with van der Waals surface area (Å²) < 4.78 is 1.84. The number of hydrogen-bond donors (Lipinski definition) is 0. The molecule has 1 aromatic carbocycles. The van der Waals surface area contributed by atoms with Crippen molar-refractivity contribution in [1.82, 2.24) is 19.5 Å². The van der Waals surface area contributed by atoms with Gasteiger partial charge in [0.05, 0.1) is 12.1 Å². The number of amides is 1. The van der Waals surface area contributed by atoms with Crippen LogP contribution < -0.4 is 4.90 Å². The highest BCUT2D eigenvalue weighted by Gasteiger charge is 2.31. The monoisotopic (exact) mass is 361 g/mol. The molecule has 0 N–H and O–H groups in total. The molecule has 6 heteroatoms. The van der Waals surface area contributed by atoms with Crippen LogP contribution in [-0.2, 0) is 17.8 Å². The van der Waals surface area contributed by atoms with Gasteiger partial charge in [0, 0.05) is 38.6 Å². The lowest BCUT2D eigenvalue weighted by molar-refractivity contribution is -0.136. The summed E-state index contributed by atoms with van der Waals surface area (Å²) in [6, 6.07) is 10.4. The molecular weight excluding hydrogens is 338 g/mol. The number of anilines is 1. The van der Waals surface area contributed by atoms with Gasteiger partial charge in [0.15, 0.2) is 5.82 Å². The van der Waals surface area contributed by atoms with E-state index in [9.17, 15) is 4.79 Å². The number of rotatable bonds is 2. The van der Waals surface area contributed by atoms with E-state index in [1.165, 1.54) is 11.1 Å². The molecule has 1 unspecified atom stereocenters. The lowest BCUT2D eigenvalue weighted by Gasteiger charge is -2.37. The van der Waals surface area contributed by atoms with E-state index in [1.54, 1.807) is 12.4 Å². The second-order valence-electron chi connectivity index (χ2n) is 7.48. The first-order chi connectivity index (χ1) is 13.3. The number of fused-ring (bicyclic) bond motifs is 2. The van der Waals surface area contributed by atoms with E-state index in [2.05, 4.69) is 39.2 Å². The molecule has 0 spiro atoms. The molecule has 0 aliphatic carbocycles. The summed E-state index contributed by atoms with van der Waals surface area (Å²) in [5.41, 5.74) is 3.66. The molecule has 5 rings (SSSR count). The summed E-state index contributed by atoms with van der Waals surface area (Å²) >= 11 is 0. The zero-order valence-electron chi connectivity index (χ0n) is 15.3. The average Bonchev–Trinajstić information content (AvgIpc) is 3.22. The van der Waals surface area contributed by atoms with Crippen LogP contribution in [0.4, 0.5) is 5.82 Å². The van der Waals surface area contributed by atoms with Crippen LogP contribution in [0.25, 0.3) is 5.52 Å². The van der Waals surface area contributed by atoms with Crippen molar-refractivity contribution in [3.8, 4) is 0 Å². The number of nitrogens with zero attached hydrogens (tertiary/aromatic N) is 5. The van der Waals surface area contributed by atoms with Gasteiger partial charge in [-0.05, 0) is 36.5 Å². The van der Waals surface area contributed by atoms with Crippen LogP contribution in [0.2, 0.25) is 0 Å². The molecule has 2 aromatic heterocycles. The van der Waals surface area contributed by atoms with Gasteiger partial charge in [-0.1, -0.05) is 24.3 Å². The fraction of sp³-hybridized carbons (Fsp3) is 0.381. The number of benzene rings is 1. The van der Waals surface area contributed by atoms with Gasteiger partial charge in [0.2, 0.25) is 5.91 Å². The molecule has 3 aromatic rings. The van der Waals surface area contributed by atoms with Crippen molar-refractivity contribution in [3.05, 3.63) is 60.0 Å². The molecule has 2 aliphatic heterocycles. The molecule has 6 nitrogen and oxygen atoms in total. The van der Waals surface area contributed by atoms with Crippen molar-refractivity contribution in [2.45, 2.75) is 25.8 Å². The Morgan fingerprint density at radius 1 is 1.07 bits per heavy atom. The van der Waals surface area contributed by atoms with Gasteiger partial charge < -0.3 is 9.80 Å². The predicted octanol–water partition coefficient (Wildman–Crippen LogP) is 2.53. The molecule has 27 heavy (non-hydrogen) atoms. The van der Waals surface area contributed by atoms with E-state index in [0.29, 0.717) is 0 Å². The number of hydrogen-bond acceptors (Lipinski definition) is 4. The Hall–Kier alpha value is -2.89. The van der Waals surface area contributed by atoms with Crippen LogP contribution in [0.15, 0.2) is 48.9 Å². The smallest absolute Gasteiger partial charge is 0.227 e. The summed E-state index contributed by atoms with van der Waals surface area (Å²) in [7, 11) is 0. The molecule has 0 radical (unpaired) electrons. The largest absolute Gasteiger partial charge is 0.354 e. The van der Waals surface area contributed by atoms with Crippen LogP contribution in [0.3, 0.4) is 0 Å². The first-order valence-corrected chi connectivity index (χ1v) is 9.68. The molecule has 1 atom stereocenters. The fourth-order valence-electron chi connectivity index (χ4n) is 4.40. The highest BCUT2D eigenvalue weighted by molar-refractivity contribution is 5.80. The number of aromatic nitrogens is 3. The van der Waals surface area contributed by atoms with Crippen LogP contribution in [0.1, 0.15) is 24.0 Å². The minimum atomic E-state index is 0.0361. The van der Waals surface area contributed by atoms with Gasteiger partial charge in [0.25, 0.3) is 0 Å². The SMILES string of the molecule is O=C(C1CCCN(c2nccn3nccc23)C1)N1CCc2ccccc2C1. The maximum absolute atomic E-state index is 13.2. The van der Waals surface area contributed by atoms with Crippen molar-refractivity contribution in [3.63, 3.8) is 0 Å². The minimum Gasteiger partial charge on any atom is -0.354 e. The van der Waals surface area contributed by atoms with E-state index in [1.807, 2.05) is 21.7 Å². The van der Waals surface area contributed by atoms with Crippen LogP contribution in [0.5, 0.6) is 0 Å².